The van der Waals surface area contributed by atoms with Gasteiger partial charge in [-0.2, -0.15) is 13.2 Å². The van der Waals surface area contributed by atoms with Gasteiger partial charge in [0.1, 0.15) is 11.3 Å². The lowest BCUT2D eigenvalue weighted by atomic mass is 10.0. The zero-order valence-corrected chi connectivity index (χ0v) is 14.2. The Kier molecular flexibility index (Phi) is 4.84. The van der Waals surface area contributed by atoms with Crippen LogP contribution in [0.1, 0.15) is 5.76 Å². The Morgan fingerprint density at radius 3 is 2.41 bits per heavy atom. The second kappa shape index (κ2) is 6.96. The molecule has 2 N–H and O–H groups in total. The Labute approximate surface area is 155 Å². The zero-order chi connectivity index (χ0) is 19.8. The SMILES string of the molecule is NC(=O)COc1ccc2c(=O)c(-c3ccc(Cl)cc3)c(C(F)(F)F)oc2c1. The largest absolute Gasteiger partial charge is 0.484 e. The predicted octanol–water partition coefficient (Wildman–Crippen LogP) is 4.00. The molecule has 27 heavy (non-hydrogen) atoms. The van der Waals surface area contributed by atoms with E-state index in [-0.39, 0.29) is 22.3 Å². The number of alkyl halides is 3. The molecule has 140 valence electrons. The third-order valence-corrected chi connectivity index (χ3v) is 3.89. The van der Waals surface area contributed by atoms with Crippen molar-refractivity contribution in [2.45, 2.75) is 6.18 Å². The molecule has 3 rings (SSSR count). The molecular formula is C18H11ClF3NO4. The van der Waals surface area contributed by atoms with Crippen LogP contribution in [0.4, 0.5) is 13.2 Å². The second-order valence-corrected chi connectivity index (χ2v) is 5.99. The minimum atomic E-state index is -4.91. The molecule has 0 aliphatic carbocycles. The van der Waals surface area contributed by atoms with E-state index in [0.717, 1.165) is 6.07 Å². The van der Waals surface area contributed by atoms with Crippen molar-refractivity contribution in [2.75, 3.05) is 6.61 Å². The molecule has 0 aliphatic rings. The highest BCUT2D eigenvalue weighted by Crippen LogP contribution is 2.38. The Morgan fingerprint density at radius 2 is 1.81 bits per heavy atom. The van der Waals surface area contributed by atoms with Crippen LogP contribution in [0, 0.1) is 0 Å². The summed E-state index contributed by atoms with van der Waals surface area (Å²) in [4.78, 5) is 23.5. The fraction of sp³-hybridized carbons (Fsp3) is 0.111. The normalized spacial score (nSPS) is 11.6. The number of nitrogens with two attached hydrogens (primary N) is 1. The van der Waals surface area contributed by atoms with Crippen LogP contribution in [0.2, 0.25) is 5.02 Å². The molecule has 0 bridgehead atoms. The molecule has 0 aliphatic heterocycles. The molecular weight excluding hydrogens is 387 g/mol. The van der Waals surface area contributed by atoms with Gasteiger partial charge >= 0.3 is 6.18 Å². The van der Waals surface area contributed by atoms with Gasteiger partial charge in [0.25, 0.3) is 5.91 Å². The van der Waals surface area contributed by atoms with Gasteiger partial charge in [0.2, 0.25) is 11.2 Å². The lowest BCUT2D eigenvalue weighted by molar-refractivity contribution is -0.152. The van der Waals surface area contributed by atoms with Gasteiger partial charge < -0.3 is 14.9 Å². The van der Waals surface area contributed by atoms with Crippen molar-refractivity contribution in [2.24, 2.45) is 5.73 Å². The fourth-order valence-corrected chi connectivity index (χ4v) is 2.62. The van der Waals surface area contributed by atoms with Crippen LogP contribution in [-0.2, 0) is 11.0 Å². The maximum atomic E-state index is 13.5. The summed E-state index contributed by atoms with van der Waals surface area (Å²) in [5.41, 5.74) is 3.19. The third kappa shape index (κ3) is 3.90. The predicted molar refractivity (Wildman–Crippen MR) is 92.6 cm³/mol. The Bertz CT molecular complexity index is 1070. The topological polar surface area (TPSA) is 82.5 Å². The first-order chi connectivity index (χ1) is 12.7. The highest BCUT2D eigenvalue weighted by molar-refractivity contribution is 6.30. The van der Waals surface area contributed by atoms with Crippen LogP contribution in [0.15, 0.2) is 51.7 Å². The van der Waals surface area contributed by atoms with Gasteiger partial charge in [0, 0.05) is 11.1 Å². The van der Waals surface area contributed by atoms with Crippen molar-refractivity contribution in [3.63, 3.8) is 0 Å². The number of halogens is 4. The summed E-state index contributed by atoms with van der Waals surface area (Å²) in [7, 11) is 0. The molecule has 9 heteroatoms. The highest BCUT2D eigenvalue weighted by atomic mass is 35.5. The van der Waals surface area contributed by atoms with E-state index in [1.807, 2.05) is 0 Å². The van der Waals surface area contributed by atoms with Crippen LogP contribution in [0.25, 0.3) is 22.1 Å². The van der Waals surface area contributed by atoms with Gasteiger partial charge in [-0.25, -0.2) is 0 Å². The second-order valence-electron chi connectivity index (χ2n) is 5.55. The lowest BCUT2D eigenvalue weighted by Gasteiger charge is -2.13. The number of primary amides is 1. The van der Waals surface area contributed by atoms with E-state index in [9.17, 15) is 22.8 Å². The molecule has 1 amide bonds. The van der Waals surface area contributed by atoms with Gasteiger partial charge in [0.15, 0.2) is 6.61 Å². The van der Waals surface area contributed by atoms with E-state index < -0.39 is 35.4 Å². The minimum absolute atomic E-state index is 0.0245. The smallest absolute Gasteiger partial charge is 0.450 e. The van der Waals surface area contributed by atoms with Crippen molar-refractivity contribution in [1.82, 2.24) is 0 Å². The number of hydrogen-bond acceptors (Lipinski definition) is 4. The summed E-state index contributed by atoms with van der Waals surface area (Å²) in [6.07, 6.45) is -4.91. The van der Waals surface area contributed by atoms with E-state index >= 15 is 0 Å². The molecule has 0 unspecified atom stereocenters. The minimum Gasteiger partial charge on any atom is -0.484 e. The molecule has 0 saturated carbocycles. The summed E-state index contributed by atoms with van der Waals surface area (Å²) < 4.78 is 50.6. The van der Waals surface area contributed by atoms with Crippen molar-refractivity contribution in [3.05, 3.63) is 63.5 Å². The van der Waals surface area contributed by atoms with Crippen molar-refractivity contribution < 1.29 is 27.1 Å². The molecule has 1 heterocycles. The summed E-state index contributed by atoms with van der Waals surface area (Å²) in [6, 6.07) is 9.06. The number of rotatable bonds is 4. The third-order valence-electron chi connectivity index (χ3n) is 3.64. The Hall–Kier alpha value is -3.00. The molecule has 0 atom stereocenters. The zero-order valence-electron chi connectivity index (χ0n) is 13.5. The Morgan fingerprint density at radius 1 is 1.15 bits per heavy atom. The fourth-order valence-electron chi connectivity index (χ4n) is 2.50. The lowest BCUT2D eigenvalue weighted by Crippen LogP contribution is -2.20. The molecule has 1 aromatic heterocycles. The average Bonchev–Trinajstić information content (AvgIpc) is 2.60. The summed E-state index contributed by atoms with van der Waals surface area (Å²) >= 11 is 5.76. The standard InChI is InChI=1S/C18H11ClF3NO4/c19-10-3-1-9(2-4-10)15-16(25)12-6-5-11(26-8-14(23)24)7-13(12)27-17(15)18(20,21)22/h1-7H,8H2,(H2,23,24). The van der Waals surface area contributed by atoms with Crippen LogP contribution < -0.4 is 15.9 Å². The number of amides is 1. The van der Waals surface area contributed by atoms with Gasteiger partial charge in [-0.1, -0.05) is 23.7 Å². The molecule has 0 saturated heterocycles. The van der Waals surface area contributed by atoms with E-state index in [0.29, 0.717) is 5.02 Å². The first-order valence-electron chi connectivity index (χ1n) is 7.52. The first kappa shape index (κ1) is 18.8. The summed E-state index contributed by atoms with van der Waals surface area (Å²) in [6.45, 7) is -0.468. The monoisotopic (exact) mass is 397 g/mol. The highest BCUT2D eigenvalue weighted by Gasteiger charge is 2.39. The van der Waals surface area contributed by atoms with E-state index in [1.54, 1.807) is 0 Å². The van der Waals surface area contributed by atoms with Crippen LogP contribution >= 0.6 is 11.6 Å². The van der Waals surface area contributed by atoms with Crippen LogP contribution in [0.5, 0.6) is 5.75 Å². The van der Waals surface area contributed by atoms with Gasteiger partial charge in [-0.15, -0.1) is 0 Å². The number of hydrogen-bond donors (Lipinski definition) is 1. The van der Waals surface area contributed by atoms with Gasteiger partial charge in [-0.3, -0.25) is 9.59 Å². The van der Waals surface area contributed by atoms with Gasteiger partial charge in [-0.05, 0) is 29.8 Å². The number of fused-ring (bicyclic) bond motifs is 1. The summed E-state index contributed by atoms with van der Waals surface area (Å²) in [5, 5.41) is 0.244. The summed E-state index contributed by atoms with van der Waals surface area (Å²) in [5.74, 6) is -2.16. The van der Waals surface area contributed by atoms with Crippen LogP contribution in [0.3, 0.4) is 0 Å². The Balaban J connectivity index is 2.24. The van der Waals surface area contributed by atoms with Crippen molar-refractivity contribution in [1.29, 1.82) is 0 Å². The molecule has 2 aromatic carbocycles. The number of carbonyl (C=O) groups is 1. The molecule has 3 aromatic rings. The molecule has 0 radical (unpaired) electrons. The van der Waals surface area contributed by atoms with Crippen molar-refractivity contribution >= 4 is 28.5 Å². The number of benzene rings is 2. The molecule has 0 fully saturated rings. The van der Waals surface area contributed by atoms with Crippen LogP contribution in [-0.4, -0.2) is 12.5 Å². The quantitative estimate of drug-likeness (QED) is 0.721. The number of carbonyl (C=O) groups excluding carboxylic acids is 1. The maximum Gasteiger partial charge on any atom is 0.450 e. The van der Waals surface area contributed by atoms with E-state index in [2.05, 4.69) is 0 Å². The van der Waals surface area contributed by atoms with Gasteiger partial charge in [0.05, 0.1) is 10.9 Å². The van der Waals surface area contributed by atoms with E-state index in [1.165, 1.54) is 36.4 Å². The number of ether oxygens (including phenoxy) is 1. The van der Waals surface area contributed by atoms with Crippen molar-refractivity contribution in [3.8, 4) is 16.9 Å². The van der Waals surface area contributed by atoms with E-state index in [4.69, 9.17) is 26.5 Å². The average molecular weight is 398 g/mol. The molecule has 5 nitrogen and oxygen atoms in total. The molecule has 0 spiro atoms. The maximum absolute atomic E-state index is 13.5. The first-order valence-corrected chi connectivity index (χ1v) is 7.89.